The molecule has 0 saturated heterocycles. The summed E-state index contributed by atoms with van der Waals surface area (Å²) < 4.78 is 0. The molecule has 0 aliphatic heterocycles. The first kappa shape index (κ1) is 8.55. The Morgan fingerprint density at radius 3 is 2.86 bits per heavy atom. The summed E-state index contributed by atoms with van der Waals surface area (Å²) in [5, 5.41) is 9.39. The number of aromatic nitrogens is 3. The Morgan fingerprint density at radius 1 is 1.36 bits per heavy atom. The van der Waals surface area contributed by atoms with E-state index in [2.05, 4.69) is 15.0 Å². The van der Waals surface area contributed by atoms with Crippen LogP contribution < -0.4 is 0 Å². The zero-order valence-electron chi connectivity index (χ0n) is 7.43. The van der Waals surface area contributed by atoms with Crippen LogP contribution in [0.3, 0.4) is 0 Å². The summed E-state index contributed by atoms with van der Waals surface area (Å²) in [6, 6.07) is 1.66. The molecule has 2 rings (SSSR count). The molecule has 0 atom stereocenters. The van der Waals surface area contributed by atoms with E-state index in [0.717, 1.165) is 0 Å². The standard InChI is InChI=1S/C9H7N3O2/c1-5-7-6(12-4-11-5)2-3-10-8(7)9(13)14/h2-4H,1H3,(H,13,14). The molecule has 2 heterocycles. The van der Waals surface area contributed by atoms with Gasteiger partial charge in [0.1, 0.15) is 6.33 Å². The van der Waals surface area contributed by atoms with Crippen molar-refractivity contribution in [3.8, 4) is 0 Å². The van der Waals surface area contributed by atoms with Gasteiger partial charge in [-0.05, 0) is 13.0 Å². The van der Waals surface area contributed by atoms with Gasteiger partial charge in [0.15, 0.2) is 5.69 Å². The highest BCUT2D eigenvalue weighted by Crippen LogP contribution is 2.16. The van der Waals surface area contributed by atoms with Crippen molar-refractivity contribution in [3.63, 3.8) is 0 Å². The third-order valence-corrected chi connectivity index (χ3v) is 1.94. The van der Waals surface area contributed by atoms with E-state index >= 15 is 0 Å². The number of hydrogen-bond donors (Lipinski definition) is 1. The second-order valence-corrected chi connectivity index (χ2v) is 2.82. The van der Waals surface area contributed by atoms with E-state index in [9.17, 15) is 4.79 Å². The van der Waals surface area contributed by atoms with Crippen LogP contribution in [0.1, 0.15) is 16.2 Å². The van der Waals surface area contributed by atoms with E-state index in [4.69, 9.17) is 5.11 Å². The zero-order chi connectivity index (χ0) is 10.1. The third-order valence-electron chi connectivity index (χ3n) is 1.94. The van der Waals surface area contributed by atoms with Crippen LogP contribution in [-0.2, 0) is 0 Å². The number of rotatable bonds is 1. The molecule has 1 N–H and O–H groups in total. The number of carboxylic acids is 1. The Kier molecular flexibility index (Phi) is 1.85. The van der Waals surface area contributed by atoms with Gasteiger partial charge in [0.2, 0.25) is 0 Å². The molecule has 2 aromatic rings. The molecular weight excluding hydrogens is 182 g/mol. The molecule has 0 saturated carbocycles. The summed E-state index contributed by atoms with van der Waals surface area (Å²) in [4.78, 5) is 22.5. The third kappa shape index (κ3) is 1.19. The van der Waals surface area contributed by atoms with Crippen LogP contribution in [0.15, 0.2) is 18.6 Å². The molecular formula is C9H7N3O2. The number of aromatic carboxylic acids is 1. The molecule has 0 bridgehead atoms. The van der Waals surface area contributed by atoms with Gasteiger partial charge in [0, 0.05) is 6.20 Å². The maximum absolute atomic E-state index is 10.8. The van der Waals surface area contributed by atoms with Crippen molar-refractivity contribution < 1.29 is 9.90 Å². The number of fused-ring (bicyclic) bond motifs is 1. The lowest BCUT2D eigenvalue weighted by Crippen LogP contribution is -2.03. The fourth-order valence-electron chi connectivity index (χ4n) is 1.32. The Balaban J connectivity index is 2.91. The SMILES string of the molecule is Cc1ncnc2ccnc(C(=O)O)c12. The van der Waals surface area contributed by atoms with Crippen LogP contribution in [0.25, 0.3) is 10.9 Å². The van der Waals surface area contributed by atoms with Crippen LogP contribution in [0.4, 0.5) is 0 Å². The summed E-state index contributed by atoms with van der Waals surface area (Å²) in [6.07, 6.45) is 2.83. The first-order chi connectivity index (χ1) is 6.70. The minimum Gasteiger partial charge on any atom is -0.476 e. The molecule has 2 aromatic heterocycles. The van der Waals surface area contributed by atoms with Crippen LogP contribution >= 0.6 is 0 Å². The highest BCUT2D eigenvalue weighted by atomic mass is 16.4. The molecule has 0 unspecified atom stereocenters. The first-order valence-electron chi connectivity index (χ1n) is 4.00. The Bertz CT molecular complexity index is 505. The maximum Gasteiger partial charge on any atom is 0.355 e. The fourth-order valence-corrected chi connectivity index (χ4v) is 1.32. The molecule has 70 valence electrons. The van der Waals surface area contributed by atoms with E-state index < -0.39 is 5.97 Å². The van der Waals surface area contributed by atoms with Crippen molar-refractivity contribution in [1.82, 2.24) is 15.0 Å². The van der Waals surface area contributed by atoms with Crippen LogP contribution in [-0.4, -0.2) is 26.0 Å². The fraction of sp³-hybridized carbons (Fsp3) is 0.111. The minimum atomic E-state index is -1.06. The normalized spacial score (nSPS) is 10.4. The van der Waals surface area contributed by atoms with Gasteiger partial charge in [0.25, 0.3) is 0 Å². The maximum atomic E-state index is 10.8. The molecule has 5 heteroatoms. The number of nitrogens with zero attached hydrogens (tertiary/aromatic N) is 3. The smallest absolute Gasteiger partial charge is 0.355 e. The molecule has 0 aliphatic carbocycles. The lowest BCUT2D eigenvalue weighted by Gasteiger charge is -2.02. The summed E-state index contributed by atoms with van der Waals surface area (Å²) in [6.45, 7) is 1.73. The second kappa shape index (κ2) is 3.02. The Labute approximate surface area is 79.5 Å². The predicted molar refractivity (Wildman–Crippen MR) is 49.0 cm³/mol. The highest BCUT2D eigenvalue weighted by Gasteiger charge is 2.12. The molecule has 0 aliphatic rings. The zero-order valence-corrected chi connectivity index (χ0v) is 7.43. The van der Waals surface area contributed by atoms with Crippen LogP contribution in [0, 0.1) is 6.92 Å². The molecule has 0 amide bonds. The van der Waals surface area contributed by atoms with Crippen LogP contribution in [0.2, 0.25) is 0 Å². The highest BCUT2D eigenvalue weighted by molar-refractivity contribution is 6.01. The van der Waals surface area contributed by atoms with E-state index in [-0.39, 0.29) is 5.69 Å². The van der Waals surface area contributed by atoms with Gasteiger partial charge in [-0.1, -0.05) is 0 Å². The van der Waals surface area contributed by atoms with Gasteiger partial charge in [-0.2, -0.15) is 0 Å². The Morgan fingerprint density at radius 2 is 2.14 bits per heavy atom. The molecule has 14 heavy (non-hydrogen) atoms. The summed E-state index contributed by atoms with van der Waals surface area (Å²) in [5.41, 5.74) is 1.23. The van der Waals surface area contributed by atoms with Gasteiger partial charge in [0.05, 0.1) is 16.6 Å². The number of carbonyl (C=O) groups is 1. The monoisotopic (exact) mass is 189 g/mol. The van der Waals surface area contributed by atoms with E-state index in [1.54, 1.807) is 13.0 Å². The topological polar surface area (TPSA) is 76.0 Å². The van der Waals surface area contributed by atoms with Gasteiger partial charge >= 0.3 is 5.97 Å². The van der Waals surface area contributed by atoms with E-state index in [1.807, 2.05) is 0 Å². The van der Waals surface area contributed by atoms with Crippen molar-refractivity contribution in [2.45, 2.75) is 6.92 Å². The minimum absolute atomic E-state index is 0.000556. The molecule has 5 nitrogen and oxygen atoms in total. The predicted octanol–water partition coefficient (Wildman–Crippen LogP) is 1.03. The van der Waals surface area contributed by atoms with Crippen molar-refractivity contribution in [2.24, 2.45) is 0 Å². The lowest BCUT2D eigenvalue weighted by atomic mass is 10.2. The van der Waals surface area contributed by atoms with E-state index in [1.165, 1.54) is 12.5 Å². The summed E-state index contributed by atoms with van der Waals surface area (Å²) in [5.74, 6) is -1.06. The van der Waals surface area contributed by atoms with Gasteiger partial charge in [-0.25, -0.2) is 19.7 Å². The molecule has 0 spiro atoms. The lowest BCUT2D eigenvalue weighted by molar-refractivity contribution is 0.0693. The number of hydrogen-bond acceptors (Lipinski definition) is 4. The van der Waals surface area contributed by atoms with E-state index in [0.29, 0.717) is 16.6 Å². The first-order valence-corrected chi connectivity index (χ1v) is 4.00. The van der Waals surface area contributed by atoms with Gasteiger partial charge < -0.3 is 5.11 Å². The number of aryl methyl sites for hydroxylation is 1. The van der Waals surface area contributed by atoms with Crippen molar-refractivity contribution in [2.75, 3.05) is 0 Å². The van der Waals surface area contributed by atoms with Crippen molar-refractivity contribution >= 4 is 16.9 Å². The molecule has 0 aromatic carbocycles. The van der Waals surface area contributed by atoms with Gasteiger partial charge in [-0.15, -0.1) is 0 Å². The molecule has 0 radical (unpaired) electrons. The number of carboxylic acid groups (broad SMARTS) is 1. The number of pyridine rings is 1. The Hall–Kier alpha value is -2.04. The van der Waals surface area contributed by atoms with Crippen molar-refractivity contribution in [1.29, 1.82) is 0 Å². The average molecular weight is 189 g/mol. The van der Waals surface area contributed by atoms with Crippen LogP contribution in [0.5, 0.6) is 0 Å². The van der Waals surface area contributed by atoms with Crippen molar-refractivity contribution in [3.05, 3.63) is 30.0 Å². The largest absolute Gasteiger partial charge is 0.476 e. The molecule has 0 fully saturated rings. The quantitative estimate of drug-likeness (QED) is 0.725. The van der Waals surface area contributed by atoms with Gasteiger partial charge in [-0.3, -0.25) is 0 Å². The second-order valence-electron chi connectivity index (χ2n) is 2.82. The average Bonchev–Trinajstić information content (AvgIpc) is 2.17. The summed E-state index contributed by atoms with van der Waals surface area (Å²) in [7, 11) is 0. The summed E-state index contributed by atoms with van der Waals surface area (Å²) >= 11 is 0.